The van der Waals surface area contributed by atoms with E-state index in [0.717, 1.165) is 38.5 Å². The Bertz CT molecular complexity index is 285. The molecule has 0 aromatic heterocycles. The lowest BCUT2D eigenvalue weighted by atomic mass is 9.83. The van der Waals surface area contributed by atoms with Gasteiger partial charge >= 0.3 is 7.12 Å². The van der Waals surface area contributed by atoms with E-state index in [1.54, 1.807) is 0 Å². The lowest BCUT2D eigenvalue weighted by Crippen LogP contribution is -2.13. The Hall–Kier alpha value is -0.245. The average molecular weight is 257 g/mol. The van der Waals surface area contributed by atoms with Crippen LogP contribution in [-0.2, 0) is 0 Å². The quantitative estimate of drug-likeness (QED) is 0.417. The highest BCUT2D eigenvalue weighted by atomic mass is 35.5. The van der Waals surface area contributed by atoms with Gasteiger partial charge < -0.3 is 10.0 Å². The van der Waals surface area contributed by atoms with Crippen molar-refractivity contribution in [3.63, 3.8) is 0 Å². The number of unbranched alkanes of at least 4 members (excludes halogenated alkanes) is 3. The highest BCUT2D eigenvalue weighted by molar-refractivity contribution is 6.40. The first kappa shape index (κ1) is 14.8. The molecule has 17 heavy (non-hydrogen) atoms. The summed E-state index contributed by atoms with van der Waals surface area (Å²) in [5, 5.41) is 17.4. The normalized spacial score (nSPS) is 23.6. The van der Waals surface area contributed by atoms with E-state index in [2.05, 4.69) is 18.2 Å². The predicted molar refractivity (Wildman–Crippen MR) is 74.2 cm³/mol. The molecule has 2 nitrogen and oxygen atoms in total. The lowest BCUT2D eigenvalue weighted by molar-refractivity contribution is 0.401. The molecular formula is C13H22BClO2. The zero-order valence-corrected chi connectivity index (χ0v) is 11.3. The maximum Gasteiger partial charge on any atom is 0.451 e. The zero-order chi connectivity index (χ0) is 12.7. The first-order valence-electron chi connectivity index (χ1n) is 6.43. The SMILES string of the molecule is CC1(Cl)C=CC(CCCCCCB(O)O)=CC1. The molecule has 0 fully saturated rings. The number of alkyl halides is 1. The van der Waals surface area contributed by atoms with Gasteiger partial charge in [0.1, 0.15) is 0 Å². The fourth-order valence-corrected chi connectivity index (χ4v) is 2.08. The van der Waals surface area contributed by atoms with Crippen molar-refractivity contribution in [3.8, 4) is 0 Å². The van der Waals surface area contributed by atoms with E-state index in [0.29, 0.717) is 6.32 Å². The van der Waals surface area contributed by atoms with Gasteiger partial charge in [-0.15, -0.1) is 11.6 Å². The van der Waals surface area contributed by atoms with Gasteiger partial charge in [-0.3, -0.25) is 0 Å². The highest BCUT2D eigenvalue weighted by Gasteiger charge is 2.18. The Balaban J connectivity index is 2.05. The molecule has 1 atom stereocenters. The minimum atomic E-state index is -1.14. The summed E-state index contributed by atoms with van der Waals surface area (Å²) >= 11 is 6.19. The second kappa shape index (κ2) is 7.25. The van der Waals surface area contributed by atoms with Crippen molar-refractivity contribution in [1.82, 2.24) is 0 Å². The van der Waals surface area contributed by atoms with E-state index in [9.17, 15) is 0 Å². The third-order valence-corrected chi connectivity index (χ3v) is 3.37. The largest absolute Gasteiger partial charge is 0.451 e. The number of allylic oxidation sites excluding steroid dienone is 4. The van der Waals surface area contributed by atoms with Crippen molar-refractivity contribution in [2.45, 2.75) is 56.6 Å². The Morgan fingerprint density at radius 1 is 1.29 bits per heavy atom. The van der Waals surface area contributed by atoms with E-state index in [-0.39, 0.29) is 4.87 Å². The number of hydrogen-bond donors (Lipinski definition) is 2. The average Bonchev–Trinajstić information content (AvgIpc) is 2.25. The molecule has 2 N–H and O–H groups in total. The van der Waals surface area contributed by atoms with Crippen LogP contribution in [0.5, 0.6) is 0 Å². The minimum Gasteiger partial charge on any atom is -0.427 e. The molecule has 0 heterocycles. The molecular weight excluding hydrogens is 234 g/mol. The van der Waals surface area contributed by atoms with E-state index in [1.165, 1.54) is 5.57 Å². The van der Waals surface area contributed by atoms with Gasteiger partial charge in [-0.1, -0.05) is 43.1 Å². The summed E-state index contributed by atoms with van der Waals surface area (Å²) in [4.78, 5) is -0.194. The molecule has 0 spiro atoms. The molecule has 0 radical (unpaired) electrons. The van der Waals surface area contributed by atoms with Gasteiger partial charge in [0.15, 0.2) is 0 Å². The van der Waals surface area contributed by atoms with E-state index < -0.39 is 7.12 Å². The molecule has 0 saturated heterocycles. The summed E-state index contributed by atoms with van der Waals surface area (Å²) in [6.45, 7) is 2.03. The van der Waals surface area contributed by atoms with Crippen molar-refractivity contribution in [2.75, 3.05) is 0 Å². The van der Waals surface area contributed by atoms with Gasteiger partial charge in [-0.2, -0.15) is 0 Å². The number of halogens is 1. The Kier molecular flexibility index (Phi) is 6.32. The maximum atomic E-state index is 8.69. The van der Waals surface area contributed by atoms with Crippen LogP contribution in [0.25, 0.3) is 0 Å². The van der Waals surface area contributed by atoms with E-state index >= 15 is 0 Å². The third-order valence-electron chi connectivity index (χ3n) is 3.09. The van der Waals surface area contributed by atoms with Gasteiger partial charge in [0, 0.05) is 0 Å². The van der Waals surface area contributed by atoms with Crippen LogP contribution in [0, 0.1) is 0 Å². The highest BCUT2D eigenvalue weighted by Crippen LogP contribution is 2.28. The van der Waals surface area contributed by atoms with Gasteiger partial charge in [-0.05, 0) is 32.5 Å². The second-order valence-electron chi connectivity index (χ2n) is 5.03. The third kappa shape index (κ3) is 6.92. The van der Waals surface area contributed by atoms with Crippen LogP contribution in [0.1, 0.15) is 45.4 Å². The van der Waals surface area contributed by atoms with Crippen molar-refractivity contribution in [1.29, 1.82) is 0 Å². The summed E-state index contributed by atoms with van der Waals surface area (Å²) in [7, 11) is -1.14. The summed E-state index contributed by atoms with van der Waals surface area (Å²) in [5.41, 5.74) is 1.38. The molecule has 1 unspecified atom stereocenters. The summed E-state index contributed by atoms with van der Waals surface area (Å²) in [6.07, 6.45) is 13.2. The Labute approximate surface area is 110 Å². The lowest BCUT2D eigenvalue weighted by Gasteiger charge is -2.20. The first-order chi connectivity index (χ1) is 7.99. The van der Waals surface area contributed by atoms with Crippen molar-refractivity contribution < 1.29 is 10.0 Å². The summed E-state index contributed by atoms with van der Waals surface area (Å²) in [5.74, 6) is 0. The zero-order valence-electron chi connectivity index (χ0n) is 10.5. The van der Waals surface area contributed by atoms with Crippen molar-refractivity contribution in [2.24, 2.45) is 0 Å². The van der Waals surface area contributed by atoms with Crippen LogP contribution in [0.2, 0.25) is 6.32 Å². The Morgan fingerprint density at radius 2 is 2.00 bits per heavy atom. The molecule has 4 heteroatoms. The van der Waals surface area contributed by atoms with Crippen LogP contribution >= 0.6 is 11.6 Å². The summed E-state index contributed by atoms with van der Waals surface area (Å²) < 4.78 is 0. The summed E-state index contributed by atoms with van der Waals surface area (Å²) in [6, 6.07) is 0. The molecule has 1 aliphatic rings. The van der Waals surface area contributed by atoms with Gasteiger partial charge in [-0.25, -0.2) is 0 Å². The minimum absolute atomic E-state index is 0.194. The molecule has 1 rings (SSSR count). The van der Waals surface area contributed by atoms with Crippen molar-refractivity contribution >= 4 is 18.7 Å². The second-order valence-corrected chi connectivity index (χ2v) is 5.89. The van der Waals surface area contributed by atoms with E-state index in [1.807, 2.05) is 6.92 Å². The first-order valence-corrected chi connectivity index (χ1v) is 6.81. The fourth-order valence-electron chi connectivity index (χ4n) is 1.94. The van der Waals surface area contributed by atoms with E-state index in [4.69, 9.17) is 21.6 Å². The van der Waals surface area contributed by atoms with Crippen molar-refractivity contribution in [3.05, 3.63) is 23.8 Å². The van der Waals surface area contributed by atoms with Crippen LogP contribution in [-0.4, -0.2) is 22.0 Å². The van der Waals surface area contributed by atoms with Gasteiger partial charge in [0.2, 0.25) is 0 Å². The van der Waals surface area contributed by atoms with Gasteiger partial charge in [0.05, 0.1) is 4.87 Å². The van der Waals surface area contributed by atoms with Crippen LogP contribution < -0.4 is 0 Å². The molecule has 0 aliphatic heterocycles. The topological polar surface area (TPSA) is 40.5 Å². The fraction of sp³-hybridized carbons (Fsp3) is 0.692. The number of rotatable bonds is 7. The monoisotopic (exact) mass is 256 g/mol. The molecule has 96 valence electrons. The molecule has 0 aromatic carbocycles. The Morgan fingerprint density at radius 3 is 2.59 bits per heavy atom. The predicted octanol–water partition coefficient (Wildman–Crippen LogP) is 3.29. The standard InChI is InChI=1S/C13H22BClO2/c1-13(15)9-7-12(8-10-13)6-4-2-3-5-11-14(16)17/h7-9,16-17H,2-6,10-11H2,1H3. The smallest absolute Gasteiger partial charge is 0.427 e. The van der Waals surface area contributed by atoms with Crippen LogP contribution in [0.3, 0.4) is 0 Å². The molecule has 0 aromatic rings. The maximum absolute atomic E-state index is 8.69. The molecule has 1 aliphatic carbocycles. The molecule has 0 bridgehead atoms. The molecule has 0 saturated carbocycles. The van der Waals surface area contributed by atoms with Gasteiger partial charge in [0.25, 0.3) is 0 Å². The van der Waals surface area contributed by atoms with Crippen LogP contribution in [0.4, 0.5) is 0 Å². The number of hydrogen-bond acceptors (Lipinski definition) is 2. The molecule has 0 amide bonds. The van der Waals surface area contributed by atoms with Crippen LogP contribution in [0.15, 0.2) is 23.8 Å².